The summed E-state index contributed by atoms with van der Waals surface area (Å²) in [6.07, 6.45) is 17.4. The number of unbranched alkanes of at least 4 members (excludes halogenated alkanes) is 7. The van der Waals surface area contributed by atoms with E-state index in [1.54, 1.807) is 0 Å². The normalized spacial score (nSPS) is 17.0. The molecule has 0 amide bonds. The van der Waals surface area contributed by atoms with Gasteiger partial charge in [-0.3, -0.25) is 4.79 Å². The van der Waals surface area contributed by atoms with E-state index in [0.29, 0.717) is 0 Å². The molecule has 0 aromatic heterocycles. The van der Waals surface area contributed by atoms with Crippen LogP contribution >= 0.6 is 0 Å². The van der Waals surface area contributed by atoms with Crippen molar-refractivity contribution in [3.05, 3.63) is 0 Å². The van der Waals surface area contributed by atoms with Crippen molar-refractivity contribution >= 4 is 5.97 Å². The van der Waals surface area contributed by atoms with Crippen LogP contribution in [0.5, 0.6) is 0 Å². The summed E-state index contributed by atoms with van der Waals surface area (Å²) in [6.45, 7) is 4.40. The number of hydrogen-bond donors (Lipinski definition) is 0. The first kappa shape index (κ1) is 18.5. The van der Waals surface area contributed by atoms with E-state index in [4.69, 9.17) is 4.74 Å². The van der Waals surface area contributed by atoms with Crippen molar-refractivity contribution in [1.29, 1.82) is 0 Å². The second-order valence-corrected chi connectivity index (χ2v) is 6.71. The van der Waals surface area contributed by atoms with E-state index in [9.17, 15) is 4.79 Å². The lowest BCUT2D eigenvalue weighted by Gasteiger charge is -2.18. The molecule has 0 aliphatic heterocycles. The predicted octanol–water partition coefficient (Wildman–Crippen LogP) is 6.03. The number of carbonyl (C=O) groups is 1. The van der Waals surface area contributed by atoms with Crippen LogP contribution in [0.3, 0.4) is 0 Å². The maximum absolute atomic E-state index is 12.0. The summed E-state index contributed by atoms with van der Waals surface area (Å²) in [7, 11) is 0. The van der Waals surface area contributed by atoms with Crippen LogP contribution in [0.15, 0.2) is 0 Å². The van der Waals surface area contributed by atoms with Crippen LogP contribution in [0.1, 0.15) is 104 Å². The molecular formula is C19H36O2. The molecule has 2 heteroatoms. The Labute approximate surface area is 132 Å². The van der Waals surface area contributed by atoms with Crippen molar-refractivity contribution < 1.29 is 9.53 Å². The number of carbonyl (C=O) groups excluding carboxylic acids is 1. The minimum Gasteiger partial charge on any atom is -0.462 e. The fraction of sp³-hybridized carbons (Fsp3) is 0.947. The molecule has 124 valence electrons. The summed E-state index contributed by atoms with van der Waals surface area (Å²) < 4.78 is 5.70. The van der Waals surface area contributed by atoms with Gasteiger partial charge in [-0.05, 0) is 32.1 Å². The number of esters is 1. The molecule has 1 saturated carbocycles. The Morgan fingerprint density at radius 1 is 0.952 bits per heavy atom. The molecule has 0 aromatic carbocycles. The van der Waals surface area contributed by atoms with Gasteiger partial charge in [0.15, 0.2) is 0 Å². The van der Waals surface area contributed by atoms with Crippen LogP contribution in [0, 0.1) is 5.92 Å². The first-order chi connectivity index (χ1) is 10.3. The molecule has 0 aromatic rings. The summed E-state index contributed by atoms with van der Waals surface area (Å²) in [4.78, 5) is 12.0. The van der Waals surface area contributed by atoms with E-state index in [0.717, 1.165) is 25.7 Å². The molecule has 21 heavy (non-hydrogen) atoms. The average molecular weight is 296 g/mol. The lowest BCUT2D eigenvalue weighted by molar-refractivity contribution is -0.154. The van der Waals surface area contributed by atoms with Crippen LogP contribution in [-0.4, -0.2) is 12.1 Å². The fourth-order valence-electron chi connectivity index (χ4n) is 3.27. The summed E-state index contributed by atoms with van der Waals surface area (Å²) in [5.74, 6) is 0.288. The molecule has 2 nitrogen and oxygen atoms in total. The molecular weight excluding hydrogens is 260 g/mol. The summed E-state index contributed by atoms with van der Waals surface area (Å²) in [5, 5.41) is 0. The van der Waals surface area contributed by atoms with E-state index in [2.05, 4.69) is 13.8 Å². The van der Waals surface area contributed by atoms with Gasteiger partial charge in [0.2, 0.25) is 0 Å². The third-order valence-electron chi connectivity index (χ3n) is 4.81. The summed E-state index contributed by atoms with van der Waals surface area (Å²) in [5.41, 5.74) is 0. The Kier molecular flexibility index (Phi) is 10.6. The Morgan fingerprint density at radius 3 is 2.10 bits per heavy atom. The minimum absolute atomic E-state index is 0.0823. The van der Waals surface area contributed by atoms with Crippen LogP contribution in [0.25, 0.3) is 0 Å². The zero-order valence-electron chi connectivity index (χ0n) is 14.4. The highest BCUT2D eigenvalue weighted by atomic mass is 16.5. The van der Waals surface area contributed by atoms with Gasteiger partial charge in [0.1, 0.15) is 6.10 Å². The van der Waals surface area contributed by atoms with E-state index in [1.165, 1.54) is 64.2 Å². The Hall–Kier alpha value is -0.530. The molecule has 0 radical (unpaired) electrons. The Balaban J connectivity index is 2.01. The lowest BCUT2D eigenvalue weighted by atomic mass is 10.0. The smallest absolute Gasteiger partial charge is 0.309 e. The van der Waals surface area contributed by atoms with Crippen molar-refractivity contribution in [2.24, 2.45) is 5.92 Å². The largest absolute Gasteiger partial charge is 0.462 e. The lowest BCUT2D eigenvalue weighted by Crippen LogP contribution is -2.22. The van der Waals surface area contributed by atoms with Crippen molar-refractivity contribution in [1.82, 2.24) is 0 Å². The van der Waals surface area contributed by atoms with Gasteiger partial charge in [0, 0.05) is 0 Å². The highest BCUT2D eigenvalue weighted by Crippen LogP contribution is 2.27. The van der Waals surface area contributed by atoms with Gasteiger partial charge in [0.25, 0.3) is 0 Å². The molecule has 1 unspecified atom stereocenters. The molecule has 0 N–H and O–H groups in total. The summed E-state index contributed by atoms with van der Waals surface area (Å²) in [6, 6.07) is 0. The highest BCUT2D eigenvalue weighted by molar-refractivity contribution is 5.72. The SMILES string of the molecule is CCCCCCCCCCC(CC)OC(=O)C1CCCC1. The van der Waals surface area contributed by atoms with E-state index in [-0.39, 0.29) is 18.0 Å². The molecule has 1 rings (SSSR count). The summed E-state index contributed by atoms with van der Waals surface area (Å²) >= 11 is 0. The van der Waals surface area contributed by atoms with Gasteiger partial charge in [-0.1, -0.05) is 71.6 Å². The van der Waals surface area contributed by atoms with E-state index >= 15 is 0 Å². The topological polar surface area (TPSA) is 26.3 Å². The standard InChI is InChI=1S/C19H36O2/c1-3-5-6-7-8-9-10-11-16-18(4-2)21-19(20)17-14-12-13-15-17/h17-18H,3-16H2,1-2H3. The molecule has 1 aliphatic carbocycles. The molecule has 0 spiro atoms. The van der Waals surface area contributed by atoms with Gasteiger partial charge in [-0.2, -0.15) is 0 Å². The third kappa shape index (κ3) is 8.48. The minimum atomic E-state index is 0.0823. The molecule has 1 aliphatic rings. The molecule has 0 heterocycles. The zero-order valence-corrected chi connectivity index (χ0v) is 14.4. The fourth-order valence-corrected chi connectivity index (χ4v) is 3.27. The molecule has 0 bridgehead atoms. The van der Waals surface area contributed by atoms with Crippen molar-refractivity contribution in [2.45, 2.75) is 110 Å². The predicted molar refractivity (Wildman–Crippen MR) is 89.4 cm³/mol. The van der Waals surface area contributed by atoms with Crippen molar-refractivity contribution in [3.8, 4) is 0 Å². The van der Waals surface area contributed by atoms with Crippen LogP contribution in [-0.2, 0) is 9.53 Å². The average Bonchev–Trinajstić information content (AvgIpc) is 3.03. The highest BCUT2D eigenvalue weighted by Gasteiger charge is 2.25. The Bertz CT molecular complexity index is 256. The number of ether oxygens (including phenoxy) is 1. The second kappa shape index (κ2) is 12.1. The second-order valence-electron chi connectivity index (χ2n) is 6.71. The van der Waals surface area contributed by atoms with Gasteiger partial charge in [0.05, 0.1) is 5.92 Å². The quantitative estimate of drug-likeness (QED) is 0.325. The first-order valence-electron chi connectivity index (χ1n) is 9.48. The maximum Gasteiger partial charge on any atom is 0.309 e. The number of rotatable bonds is 12. The van der Waals surface area contributed by atoms with Gasteiger partial charge < -0.3 is 4.74 Å². The van der Waals surface area contributed by atoms with Gasteiger partial charge in [-0.25, -0.2) is 0 Å². The van der Waals surface area contributed by atoms with Gasteiger partial charge >= 0.3 is 5.97 Å². The maximum atomic E-state index is 12.0. The Morgan fingerprint density at radius 2 is 1.52 bits per heavy atom. The molecule has 1 atom stereocenters. The molecule has 1 fully saturated rings. The van der Waals surface area contributed by atoms with E-state index in [1.807, 2.05) is 0 Å². The van der Waals surface area contributed by atoms with Gasteiger partial charge in [-0.15, -0.1) is 0 Å². The first-order valence-corrected chi connectivity index (χ1v) is 9.48. The van der Waals surface area contributed by atoms with Crippen LogP contribution in [0.4, 0.5) is 0 Å². The zero-order chi connectivity index (χ0) is 15.3. The van der Waals surface area contributed by atoms with Crippen LogP contribution in [0.2, 0.25) is 0 Å². The van der Waals surface area contributed by atoms with Crippen molar-refractivity contribution in [2.75, 3.05) is 0 Å². The number of hydrogen-bond acceptors (Lipinski definition) is 2. The third-order valence-corrected chi connectivity index (χ3v) is 4.81. The van der Waals surface area contributed by atoms with E-state index < -0.39 is 0 Å². The van der Waals surface area contributed by atoms with Crippen LogP contribution < -0.4 is 0 Å². The molecule has 0 saturated heterocycles. The van der Waals surface area contributed by atoms with Crippen molar-refractivity contribution in [3.63, 3.8) is 0 Å². The monoisotopic (exact) mass is 296 g/mol.